The van der Waals surface area contributed by atoms with Crippen LogP contribution >= 0.6 is 7.92 Å². The molecule has 0 aliphatic rings. The molecule has 0 radical (unpaired) electrons. The standard InChI is InChI=1S/C21H19P/c1-18-10-8-9-11-19(18)16-17-22(20-12-4-2-5-13-20)21-14-6-3-7-15-21/h2-17H,1H3. The number of hydrogen-bond acceptors (Lipinski definition) is 0. The van der Waals surface area contributed by atoms with E-state index in [0.29, 0.717) is 0 Å². The van der Waals surface area contributed by atoms with Crippen molar-refractivity contribution in [3.05, 3.63) is 102 Å². The predicted molar refractivity (Wildman–Crippen MR) is 99.3 cm³/mol. The van der Waals surface area contributed by atoms with Crippen molar-refractivity contribution in [3.63, 3.8) is 0 Å². The van der Waals surface area contributed by atoms with Crippen molar-refractivity contribution in [2.45, 2.75) is 6.92 Å². The average molecular weight is 302 g/mol. The highest BCUT2D eigenvalue weighted by molar-refractivity contribution is 7.75. The second kappa shape index (κ2) is 7.20. The van der Waals surface area contributed by atoms with Gasteiger partial charge in [0, 0.05) is 0 Å². The highest BCUT2D eigenvalue weighted by atomic mass is 31.1. The molecule has 0 amide bonds. The molecule has 3 aromatic rings. The maximum atomic E-state index is 2.36. The molecule has 0 heterocycles. The van der Waals surface area contributed by atoms with Gasteiger partial charge in [0.25, 0.3) is 0 Å². The number of hydrogen-bond donors (Lipinski definition) is 0. The van der Waals surface area contributed by atoms with Gasteiger partial charge < -0.3 is 0 Å². The van der Waals surface area contributed by atoms with E-state index in [9.17, 15) is 0 Å². The monoisotopic (exact) mass is 302 g/mol. The lowest BCUT2D eigenvalue weighted by molar-refractivity contribution is 1.45. The quantitative estimate of drug-likeness (QED) is 0.588. The summed E-state index contributed by atoms with van der Waals surface area (Å²) >= 11 is 0. The third kappa shape index (κ3) is 3.53. The fourth-order valence-electron chi connectivity index (χ4n) is 2.43. The molecule has 108 valence electrons. The molecule has 0 aromatic heterocycles. The molecule has 0 saturated carbocycles. The van der Waals surface area contributed by atoms with Gasteiger partial charge in [0.05, 0.1) is 0 Å². The summed E-state index contributed by atoms with van der Waals surface area (Å²) in [5.74, 6) is 2.36. The third-order valence-electron chi connectivity index (χ3n) is 3.66. The summed E-state index contributed by atoms with van der Waals surface area (Å²) in [6.07, 6.45) is 2.26. The summed E-state index contributed by atoms with van der Waals surface area (Å²) in [6, 6.07) is 30.0. The van der Waals surface area contributed by atoms with E-state index in [-0.39, 0.29) is 0 Å². The van der Waals surface area contributed by atoms with Crippen molar-refractivity contribution in [1.29, 1.82) is 0 Å². The fraction of sp³-hybridized carbons (Fsp3) is 0.0476. The summed E-state index contributed by atoms with van der Waals surface area (Å²) in [4.78, 5) is 0. The predicted octanol–water partition coefficient (Wildman–Crippen LogP) is 5.10. The molecule has 0 nitrogen and oxygen atoms in total. The Bertz CT molecular complexity index is 706. The third-order valence-corrected chi connectivity index (χ3v) is 5.82. The maximum absolute atomic E-state index is 2.36. The van der Waals surface area contributed by atoms with Gasteiger partial charge in [-0.05, 0) is 36.6 Å². The van der Waals surface area contributed by atoms with Crippen molar-refractivity contribution >= 4 is 24.6 Å². The van der Waals surface area contributed by atoms with Crippen LogP contribution in [0.3, 0.4) is 0 Å². The minimum Gasteiger partial charge on any atom is -0.0622 e. The molecule has 0 unspecified atom stereocenters. The molecule has 22 heavy (non-hydrogen) atoms. The van der Waals surface area contributed by atoms with Crippen LogP contribution < -0.4 is 10.6 Å². The van der Waals surface area contributed by atoms with Crippen LogP contribution in [0.2, 0.25) is 0 Å². The topological polar surface area (TPSA) is 0 Å². The van der Waals surface area contributed by atoms with E-state index in [0.717, 1.165) is 0 Å². The van der Waals surface area contributed by atoms with Crippen LogP contribution in [0.4, 0.5) is 0 Å². The maximum Gasteiger partial charge on any atom is -0.0157 e. The Hall–Kier alpha value is -2.17. The number of aryl methyl sites for hydroxylation is 1. The largest absolute Gasteiger partial charge is 0.0622 e. The van der Waals surface area contributed by atoms with Crippen molar-refractivity contribution in [2.75, 3.05) is 0 Å². The first-order chi connectivity index (χ1) is 10.8. The molecule has 3 aromatic carbocycles. The van der Waals surface area contributed by atoms with E-state index in [2.05, 4.69) is 104 Å². The second-order valence-electron chi connectivity index (χ2n) is 5.21. The summed E-state index contributed by atoms with van der Waals surface area (Å²) in [6.45, 7) is 2.16. The zero-order valence-electron chi connectivity index (χ0n) is 12.7. The summed E-state index contributed by atoms with van der Waals surface area (Å²) < 4.78 is 0. The minimum absolute atomic E-state index is 0.467. The summed E-state index contributed by atoms with van der Waals surface area (Å²) in [5.41, 5.74) is 2.61. The van der Waals surface area contributed by atoms with E-state index in [1.807, 2.05) is 0 Å². The molecule has 0 fully saturated rings. The lowest BCUT2D eigenvalue weighted by Gasteiger charge is -2.14. The highest BCUT2D eigenvalue weighted by Gasteiger charge is 2.09. The normalized spacial score (nSPS) is 11.2. The average Bonchev–Trinajstić information content (AvgIpc) is 2.59. The molecule has 0 saturated heterocycles. The molecule has 0 aliphatic heterocycles. The van der Waals surface area contributed by atoms with Gasteiger partial charge in [-0.15, -0.1) is 0 Å². The van der Waals surface area contributed by atoms with Gasteiger partial charge in [-0.1, -0.05) is 96.8 Å². The lowest BCUT2D eigenvalue weighted by Crippen LogP contribution is -2.09. The second-order valence-corrected chi connectivity index (χ2v) is 7.28. The van der Waals surface area contributed by atoms with E-state index in [1.54, 1.807) is 0 Å². The van der Waals surface area contributed by atoms with E-state index in [4.69, 9.17) is 0 Å². The first-order valence-corrected chi connectivity index (χ1v) is 8.89. The fourth-order valence-corrected chi connectivity index (χ4v) is 4.37. The lowest BCUT2D eigenvalue weighted by atomic mass is 10.1. The van der Waals surface area contributed by atoms with Crippen molar-refractivity contribution in [2.24, 2.45) is 0 Å². The molecule has 1 heteroatoms. The Morgan fingerprint density at radius 2 is 1.14 bits per heavy atom. The van der Waals surface area contributed by atoms with Crippen LogP contribution in [0, 0.1) is 6.92 Å². The van der Waals surface area contributed by atoms with Crippen LogP contribution in [0.15, 0.2) is 90.7 Å². The summed E-state index contributed by atoms with van der Waals surface area (Å²) in [5, 5.41) is 2.77. The van der Waals surface area contributed by atoms with Gasteiger partial charge in [0.15, 0.2) is 0 Å². The number of rotatable bonds is 4. The van der Waals surface area contributed by atoms with Crippen LogP contribution in [0.1, 0.15) is 11.1 Å². The van der Waals surface area contributed by atoms with E-state index >= 15 is 0 Å². The molecule has 0 N–H and O–H groups in total. The minimum atomic E-state index is -0.467. The Morgan fingerprint density at radius 3 is 1.68 bits per heavy atom. The van der Waals surface area contributed by atoms with Crippen LogP contribution in [0.5, 0.6) is 0 Å². The van der Waals surface area contributed by atoms with Crippen molar-refractivity contribution in [1.82, 2.24) is 0 Å². The van der Waals surface area contributed by atoms with Crippen molar-refractivity contribution < 1.29 is 0 Å². The van der Waals surface area contributed by atoms with Gasteiger partial charge in [-0.2, -0.15) is 0 Å². The Morgan fingerprint density at radius 1 is 0.636 bits per heavy atom. The van der Waals surface area contributed by atoms with Gasteiger partial charge in [-0.3, -0.25) is 0 Å². The Kier molecular flexibility index (Phi) is 4.83. The van der Waals surface area contributed by atoms with E-state index < -0.39 is 7.92 Å². The zero-order chi connectivity index (χ0) is 15.2. The molecule has 0 spiro atoms. The number of benzene rings is 3. The van der Waals surface area contributed by atoms with Gasteiger partial charge in [-0.25, -0.2) is 0 Å². The summed E-state index contributed by atoms with van der Waals surface area (Å²) in [7, 11) is -0.467. The Balaban J connectivity index is 1.98. The van der Waals surface area contributed by atoms with Crippen molar-refractivity contribution in [3.8, 4) is 0 Å². The van der Waals surface area contributed by atoms with Gasteiger partial charge >= 0.3 is 0 Å². The van der Waals surface area contributed by atoms with Gasteiger partial charge in [0.2, 0.25) is 0 Å². The van der Waals surface area contributed by atoms with E-state index in [1.165, 1.54) is 21.7 Å². The Labute approximate surface area is 133 Å². The molecular weight excluding hydrogens is 283 g/mol. The smallest absolute Gasteiger partial charge is 0.0157 e. The molecular formula is C21H19P. The zero-order valence-corrected chi connectivity index (χ0v) is 13.6. The van der Waals surface area contributed by atoms with Crippen LogP contribution in [-0.2, 0) is 0 Å². The van der Waals surface area contributed by atoms with Gasteiger partial charge in [0.1, 0.15) is 0 Å². The molecule has 0 atom stereocenters. The van der Waals surface area contributed by atoms with Crippen LogP contribution in [-0.4, -0.2) is 0 Å². The highest BCUT2D eigenvalue weighted by Crippen LogP contribution is 2.36. The first kappa shape index (κ1) is 14.8. The molecule has 3 rings (SSSR count). The molecule has 0 aliphatic carbocycles. The first-order valence-electron chi connectivity index (χ1n) is 7.48. The SMILES string of the molecule is Cc1ccccc1C=CP(c1ccccc1)c1ccccc1. The molecule has 0 bridgehead atoms. The van der Waals surface area contributed by atoms with Crippen LogP contribution in [0.25, 0.3) is 6.08 Å².